The Morgan fingerprint density at radius 1 is 1.24 bits per heavy atom. The molecule has 0 spiro atoms. The van der Waals surface area contributed by atoms with Gasteiger partial charge in [0.05, 0.1) is 6.04 Å². The van der Waals surface area contributed by atoms with Gasteiger partial charge in [0.15, 0.2) is 0 Å². The summed E-state index contributed by atoms with van der Waals surface area (Å²) in [5.41, 5.74) is 6.31. The van der Waals surface area contributed by atoms with Gasteiger partial charge in [-0.2, -0.15) is 0 Å². The fraction of sp³-hybridized carbons (Fsp3) is 0.318. The first-order valence-electron chi connectivity index (χ1n) is 9.14. The highest BCUT2D eigenvalue weighted by atomic mass is 16.1. The van der Waals surface area contributed by atoms with E-state index >= 15 is 0 Å². The third-order valence-corrected chi connectivity index (χ3v) is 5.25. The molecule has 3 heteroatoms. The Morgan fingerprint density at radius 2 is 2.12 bits per heavy atom. The molecule has 1 atom stereocenters. The van der Waals surface area contributed by atoms with E-state index < -0.39 is 0 Å². The number of H-pyrrole nitrogens is 1. The van der Waals surface area contributed by atoms with E-state index in [0.29, 0.717) is 6.42 Å². The van der Waals surface area contributed by atoms with Crippen LogP contribution in [-0.2, 0) is 17.6 Å². The Balaban J connectivity index is 1.42. The molecule has 0 fully saturated rings. The summed E-state index contributed by atoms with van der Waals surface area (Å²) in [6.45, 7) is 2.12. The minimum absolute atomic E-state index is 0.143. The number of amides is 1. The van der Waals surface area contributed by atoms with Crippen molar-refractivity contribution >= 4 is 16.8 Å². The summed E-state index contributed by atoms with van der Waals surface area (Å²) in [4.78, 5) is 15.8. The van der Waals surface area contributed by atoms with E-state index in [2.05, 4.69) is 47.6 Å². The Labute approximate surface area is 148 Å². The average Bonchev–Trinajstić information content (AvgIpc) is 3.04. The summed E-state index contributed by atoms with van der Waals surface area (Å²) in [6.07, 6.45) is 6.62. The van der Waals surface area contributed by atoms with Crippen LogP contribution in [0.4, 0.5) is 0 Å². The maximum atomic E-state index is 12.5. The molecular weight excluding hydrogens is 308 g/mol. The van der Waals surface area contributed by atoms with Crippen molar-refractivity contribution in [2.75, 3.05) is 0 Å². The fourth-order valence-corrected chi connectivity index (χ4v) is 3.92. The van der Waals surface area contributed by atoms with E-state index in [1.54, 1.807) is 0 Å². The standard InChI is InChI=1S/C22H24N2O/c1-15-9-10-16-5-4-8-21(19(16)13-15)24-22(25)12-11-17-14-23-20-7-3-2-6-18(17)20/h2-3,6-7,9-10,13-14,21,23H,4-5,8,11-12H2,1H3,(H,24,25)/t21-/m1/s1. The molecule has 3 nitrogen and oxygen atoms in total. The molecule has 4 rings (SSSR count). The van der Waals surface area contributed by atoms with Crippen molar-refractivity contribution < 1.29 is 4.79 Å². The number of aryl methyl sites for hydroxylation is 3. The lowest BCUT2D eigenvalue weighted by Crippen LogP contribution is -2.31. The molecule has 0 saturated heterocycles. The van der Waals surface area contributed by atoms with Gasteiger partial charge >= 0.3 is 0 Å². The van der Waals surface area contributed by atoms with Gasteiger partial charge in [0.2, 0.25) is 5.91 Å². The summed E-state index contributed by atoms with van der Waals surface area (Å²) < 4.78 is 0. The molecule has 1 aliphatic carbocycles. The molecule has 25 heavy (non-hydrogen) atoms. The van der Waals surface area contributed by atoms with Crippen molar-refractivity contribution in [2.24, 2.45) is 0 Å². The van der Waals surface area contributed by atoms with Crippen LogP contribution in [0.1, 0.15) is 47.6 Å². The maximum Gasteiger partial charge on any atom is 0.220 e. The molecule has 1 aliphatic rings. The number of benzene rings is 2. The smallest absolute Gasteiger partial charge is 0.220 e. The van der Waals surface area contributed by atoms with Crippen LogP contribution in [0.3, 0.4) is 0 Å². The predicted octanol–water partition coefficient (Wildman–Crippen LogP) is 4.60. The minimum atomic E-state index is 0.143. The molecule has 1 aromatic heterocycles. The first kappa shape index (κ1) is 15.9. The molecule has 0 bridgehead atoms. The van der Waals surface area contributed by atoms with Gasteiger partial charge in [0.25, 0.3) is 0 Å². The highest BCUT2D eigenvalue weighted by Gasteiger charge is 2.21. The second-order valence-electron chi connectivity index (χ2n) is 7.07. The van der Waals surface area contributed by atoms with E-state index in [1.807, 2.05) is 18.3 Å². The number of aromatic amines is 1. The molecule has 1 amide bonds. The van der Waals surface area contributed by atoms with Gasteiger partial charge in [-0.05, 0) is 55.4 Å². The van der Waals surface area contributed by atoms with Crippen molar-refractivity contribution in [1.82, 2.24) is 10.3 Å². The van der Waals surface area contributed by atoms with Gasteiger partial charge in [-0.1, -0.05) is 42.0 Å². The zero-order chi connectivity index (χ0) is 17.2. The quantitative estimate of drug-likeness (QED) is 0.720. The van der Waals surface area contributed by atoms with Crippen molar-refractivity contribution in [2.45, 2.75) is 45.1 Å². The predicted molar refractivity (Wildman–Crippen MR) is 102 cm³/mol. The highest BCUT2D eigenvalue weighted by Crippen LogP contribution is 2.30. The summed E-state index contributed by atoms with van der Waals surface area (Å²) in [5, 5.41) is 4.48. The number of aromatic nitrogens is 1. The van der Waals surface area contributed by atoms with E-state index in [0.717, 1.165) is 31.2 Å². The van der Waals surface area contributed by atoms with Crippen LogP contribution in [0.15, 0.2) is 48.7 Å². The summed E-state index contributed by atoms with van der Waals surface area (Å²) in [5.74, 6) is 0.143. The fourth-order valence-electron chi connectivity index (χ4n) is 3.92. The van der Waals surface area contributed by atoms with Crippen LogP contribution < -0.4 is 5.32 Å². The number of carbonyl (C=O) groups excluding carboxylic acids is 1. The van der Waals surface area contributed by atoms with E-state index in [4.69, 9.17) is 0 Å². The Hall–Kier alpha value is -2.55. The number of nitrogens with one attached hydrogen (secondary N) is 2. The third-order valence-electron chi connectivity index (χ3n) is 5.25. The molecule has 0 radical (unpaired) electrons. The Kier molecular flexibility index (Phi) is 4.31. The molecule has 0 saturated carbocycles. The number of hydrogen-bond acceptors (Lipinski definition) is 1. The molecule has 3 aromatic rings. The zero-order valence-electron chi connectivity index (χ0n) is 14.6. The van der Waals surface area contributed by atoms with Crippen LogP contribution in [0, 0.1) is 6.92 Å². The first-order valence-corrected chi connectivity index (χ1v) is 9.14. The minimum Gasteiger partial charge on any atom is -0.361 e. The second-order valence-corrected chi connectivity index (χ2v) is 7.07. The lowest BCUT2D eigenvalue weighted by Gasteiger charge is -2.27. The number of para-hydroxylation sites is 1. The third kappa shape index (κ3) is 3.32. The zero-order valence-corrected chi connectivity index (χ0v) is 14.6. The monoisotopic (exact) mass is 332 g/mol. The van der Waals surface area contributed by atoms with Crippen molar-refractivity contribution in [3.8, 4) is 0 Å². The van der Waals surface area contributed by atoms with Gasteiger partial charge in [0.1, 0.15) is 0 Å². The number of carbonyl (C=O) groups is 1. The average molecular weight is 332 g/mol. The number of rotatable bonds is 4. The van der Waals surface area contributed by atoms with Crippen LogP contribution in [0.5, 0.6) is 0 Å². The van der Waals surface area contributed by atoms with Gasteiger partial charge < -0.3 is 10.3 Å². The van der Waals surface area contributed by atoms with E-state index in [1.165, 1.54) is 27.6 Å². The number of hydrogen-bond donors (Lipinski definition) is 2. The molecular formula is C22H24N2O. The van der Waals surface area contributed by atoms with Crippen molar-refractivity contribution in [3.63, 3.8) is 0 Å². The lowest BCUT2D eigenvalue weighted by molar-refractivity contribution is -0.121. The van der Waals surface area contributed by atoms with Gasteiger partial charge in [-0.25, -0.2) is 0 Å². The molecule has 2 aromatic carbocycles. The van der Waals surface area contributed by atoms with Crippen LogP contribution in [0.2, 0.25) is 0 Å². The topological polar surface area (TPSA) is 44.9 Å². The molecule has 0 aliphatic heterocycles. The van der Waals surface area contributed by atoms with Crippen molar-refractivity contribution in [1.29, 1.82) is 0 Å². The lowest BCUT2D eigenvalue weighted by atomic mass is 9.86. The largest absolute Gasteiger partial charge is 0.361 e. The summed E-state index contributed by atoms with van der Waals surface area (Å²) >= 11 is 0. The SMILES string of the molecule is Cc1ccc2c(c1)[C@H](NC(=O)CCc1c[nH]c3ccccc13)CCC2. The molecule has 1 heterocycles. The molecule has 128 valence electrons. The van der Waals surface area contributed by atoms with Gasteiger partial charge in [-0.15, -0.1) is 0 Å². The summed E-state index contributed by atoms with van der Waals surface area (Å²) in [6, 6.07) is 15.0. The van der Waals surface area contributed by atoms with Crippen molar-refractivity contribution in [3.05, 3.63) is 70.9 Å². The molecule has 0 unspecified atom stereocenters. The van der Waals surface area contributed by atoms with Crippen LogP contribution in [-0.4, -0.2) is 10.9 Å². The number of fused-ring (bicyclic) bond motifs is 2. The van der Waals surface area contributed by atoms with E-state index in [9.17, 15) is 4.79 Å². The normalized spacial score (nSPS) is 16.6. The van der Waals surface area contributed by atoms with Crippen LogP contribution in [0.25, 0.3) is 10.9 Å². The maximum absolute atomic E-state index is 12.5. The van der Waals surface area contributed by atoms with Crippen LogP contribution >= 0.6 is 0 Å². The van der Waals surface area contributed by atoms with Gasteiger partial charge in [0, 0.05) is 23.5 Å². The first-order chi connectivity index (χ1) is 12.2. The van der Waals surface area contributed by atoms with E-state index in [-0.39, 0.29) is 11.9 Å². The Morgan fingerprint density at radius 3 is 3.04 bits per heavy atom. The van der Waals surface area contributed by atoms with Gasteiger partial charge in [-0.3, -0.25) is 4.79 Å². The second kappa shape index (κ2) is 6.75. The molecule has 2 N–H and O–H groups in total. The highest BCUT2D eigenvalue weighted by molar-refractivity contribution is 5.84. The summed E-state index contributed by atoms with van der Waals surface area (Å²) in [7, 11) is 0. The Bertz CT molecular complexity index is 909.